The lowest BCUT2D eigenvalue weighted by atomic mass is 10.2. The van der Waals surface area contributed by atoms with Crippen molar-refractivity contribution in [3.63, 3.8) is 0 Å². The number of guanidine groups is 1. The van der Waals surface area contributed by atoms with Crippen LogP contribution in [-0.2, 0) is 9.59 Å². The average Bonchev–Trinajstić information content (AvgIpc) is 3.13. The normalized spacial score (nSPS) is 15.1. The number of aliphatic carboxylic acids is 2. The van der Waals surface area contributed by atoms with Gasteiger partial charge in [0.25, 0.3) is 0 Å². The number of rotatable bonds is 4. The predicted octanol–water partition coefficient (Wildman–Crippen LogP) is -1.12. The van der Waals surface area contributed by atoms with E-state index >= 15 is 0 Å². The minimum Gasteiger partial charge on any atom is -0.479 e. The highest BCUT2D eigenvalue weighted by atomic mass is 16.4. The Morgan fingerprint density at radius 3 is 2.19 bits per heavy atom. The summed E-state index contributed by atoms with van der Waals surface area (Å²) in [5, 5.41) is 38.9. The summed E-state index contributed by atoms with van der Waals surface area (Å²) >= 11 is 0. The molecule has 26 heavy (non-hydrogen) atoms. The minimum atomic E-state index is -2.27. The van der Waals surface area contributed by atoms with Crippen LogP contribution in [0.3, 0.4) is 0 Å². The van der Waals surface area contributed by atoms with E-state index in [0.29, 0.717) is 0 Å². The number of fused-ring (bicyclic) bond motifs is 1. The van der Waals surface area contributed by atoms with Crippen LogP contribution in [-0.4, -0.2) is 73.6 Å². The Hall–Kier alpha value is -3.31. The molecule has 1 aromatic carbocycles. The SMILES string of the molecule is O=C(O)C(O)C(O)C(=O)O.c1cnc2cc(NC3=NCCN3)ccc2n1. The van der Waals surface area contributed by atoms with Crippen LogP contribution in [0.5, 0.6) is 0 Å². The average molecular weight is 363 g/mol. The maximum absolute atomic E-state index is 9.77. The molecule has 11 heteroatoms. The molecule has 6 N–H and O–H groups in total. The Morgan fingerprint density at radius 1 is 1.04 bits per heavy atom. The predicted molar refractivity (Wildman–Crippen MR) is 90.8 cm³/mol. The molecule has 0 saturated heterocycles. The number of aliphatic hydroxyl groups is 2. The molecule has 0 radical (unpaired) electrons. The first-order chi connectivity index (χ1) is 12.4. The number of benzene rings is 1. The molecule has 11 nitrogen and oxygen atoms in total. The van der Waals surface area contributed by atoms with Crippen LogP contribution in [0.15, 0.2) is 35.6 Å². The van der Waals surface area contributed by atoms with Crippen LogP contribution < -0.4 is 10.6 Å². The Morgan fingerprint density at radius 2 is 1.65 bits per heavy atom. The molecule has 3 rings (SSSR count). The smallest absolute Gasteiger partial charge is 0.335 e. The molecule has 0 fully saturated rings. The van der Waals surface area contributed by atoms with Crippen molar-refractivity contribution in [3.8, 4) is 0 Å². The van der Waals surface area contributed by atoms with Crippen LogP contribution in [0, 0.1) is 0 Å². The number of carboxylic acid groups (broad SMARTS) is 2. The van der Waals surface area contributed by atoms with Crippen LogP contribution in [0.4, 0.5) is 5.69 Å². The van der Waals surface area contributed by atoms with Crippen molar-refractivity contribution >= 4 is 34.6 Å². The van der Waals surface area contributed by atoms with Crippen molar-refractivity contribution in [2.45, 2.75) is 12.2 Å². The summed E-state index contributed by atoms with van der Waals surface area (Å²) < 4.78 is 0. The summed E-state index contributed by atoms with van der Waals surface area (Å²) in [6.07, 6.45) is -1.15. The van der Waals surface area contributed by atoms with Gasteiger partial charge in [-0.2, -0.15) is 0 Å². The standard InChI is InChI=1S/C11H11N5.C4H6O6/c1-2-9-10(13-4-3-12-9)7-8(1)16-11-14-5-6-15-11;5-1(3(7)8)2(6)4(9)10/h1-4,7H,5-6H2,(H2,14,15,16);1-2,5-6H,(H,7,8)(H,9,10). The molecule has 0 saturated carbocycles. The van der Waals surface area contributed by atoms with Gasteiger partial charge in [-0.15, -0.1) is 0 Å². The van der Waals surface area contributed by atoms with Crippen LogP contribution in [0.25, 0.3) is 11.0 Å². The van der Waals surface area contributed by atoms with Gasteiger partial charge in [-0.3, -0.25) is 15.0 Å². The van der Waals surface area contributed by atoms with Gasteiger partial charge in [0.1, 0.15) is 0 Å². The molecule has 1 aliphatic heterocycles. The monoisotopic (exact) mass is 363 g/mol. The summed E-state index contributed by atoms with van der Waals surface area (Å²) in [6, 6.07) is 5.88. The lowest BCUT2D eigenvalue weighted by Gasteiger charge is -2.07. The number of hydrogen-bond donors (Lipinski definition) is 6. The van der Waals surface area contributed by atoms with E-state index in [1.807, 2.05) is 18.2 Å². The molecule has 0 amide bonds. The molecule has 2 heterocycles. The van der Waals surface area contributed by atoms with Gasteiger partial charge in [0.05, 0.1) is 17.6 Å². The molecule has 1 aromatic heterocycles. The molecule has 1 aliphatic rings. The number of aromatic nitrogens is 2. The number of anilines is 1. The van der Waals surface area contributed by atoms with Crippen molar-refractivity contribution in [2.24, 2.45) is 4.99 Å². The van der Waals surface area contributed by atoms with E-state index in [9.17, 15) is 9.59 Å². The van der Waals surface area contributed by atoms with Crippen molar-refractivity contribution in [1.29, 1.82) is 0 Å². The first-order valence-electron chi connectivity index (χ1n) is 7.46. The molecule has 2 aromatic rings. The van der Waals surface area contributed by atoms with Gasteiger partial charge < -0.3 is 31.1 Å². The molecule has 0 spiro atoms. The Balaban J connectivity index is 0.000000213. The van der Waals surface area contributed by atoms with Gasteiger partial charge in [0.15, 0.2) is 18.2 Å². The van der Waals surface area contributed by atoms with E-state index < -0.39 is 24.1 Å². The quantitative estimate of drug-likeness (QED) is 0.390. The van der Waals surface area contributed by atoms with E-state index in [0.717, 1.165) is 35.8 Å². The number of hydrogen-bond acceptors (Lipinski definition) is 9. The molecule has 138 valence electrons. The van der Waals surface area contributed by atoms with Gasteiger partial charge in [-0.25, -0.2) is 9.59 Å². The van der Waals surface area contributed by atoms with Gasteiger partial charge in [0, 0.05) is 24.6 Å². The molecular formula is C15H17N5O6. The maximum Gasteiger partial charge on any atom is 0.335 e. The number of aliphatic imine (C=N–C) groups is 1. The van der Waals surface area contributed by atoms with Crippen molar-refractivity contribution in [1.82, 2.24) is 15.3 Å². The van der Waals surface area contributed by atoms with E-state index in [2.05, 4.69) is 25.6 Å². The second-order valence-electron chi connectivity index (χ2n) is 5.11. The molecular weight excluding hydrogens is 346 g/mol. The highest BCUT2D eigenvalue weighted by molar-refractivity contribution is 5.96. The number of carbonyl (C=O) groups is 2. The summed E-state index contributed by atoms with van der Waals surface area (Å²) in [7, 11) is 0. The zero-order valence-electron chi connectivity index (χ0n) is 13.4. The lowest BCUT2D eigenvalue weighted by molar-refractivity contribution is -0.165. The van der Waals surface area contributed by atoms with Gasteiger partial charge in [-0.05, 0) is 18.2 Å². The van der Waals surface area contributed by atoms with Crippen LogP contribution in [0.1, 0.15) is 0 Å². The van der Waals surface area contributed by atoms with E-state index in [-0.39, 0.29) is 0 Å². The van der Waals surface area contributed by atoms with Gasteiger partial charge in [0.2, 0.25) is 0 Å². The molecule has 0 bridgehead atoms. The fourth-order valence-corrected chi connectivity index (χ4v) is 1.93. The highest BCUT2D eigenvalue weighted by Gasteiger charge is 2.29. The molecule has 2 unspecified atom stereocenters. The number of nitrogens with zero attached hydrogens (tertiary/aromatic N) is 3. The third-order valence-corrected chi connectivity index (χ3v) is 3.21. The third kappa shape index (κ3) is 5.09. The summed E-state index contributed by atoms with van der Waals surface area (Å²) in [4.78, 5) is 32.3. The number of aliphatic hydroxyl groups excluding tert-OH is 2. The highest BCUT2D eigenvalue weighted by Crippen LogP contribution is 2.14. The lowest BCUT2D eigenvalue weighted by Crippen LogP contribution is -2.39. The molecule has 2 atom stereocenters. The summed E-state index contributed by atoms with van der Waals surface area (Å²) in [5.41, 5.74) is 2.75. The van der Waals surface area contributed by atoms with Crippen molar-refractivity contribution < 1.29 is 30.0 Å². The van der Waals surface area contributed by atoms with E-state index in [1.165, 1.54) is 0 Å². The third-order valence-electron chi connectivity index (χ3n) is 3.21. The fourth-order valence-electron chi connectivity index (χ4n) is 1.93. The second-order valence-corrected chi connectivity index (χ2v) is 5.11. The fraction of sp³-hybridized carbons (Fsp3) is 0.267. The Kier molecular flexibility index (Phi) is 6.36. The maximum atomic E-state index is 9.77. The minimum absolute atomic E-state index is 0.822. The number of nitrogens with one attached hydrogen (secondary N) is 2. The Bertz CT molecular complexity index is 809. The van der Waals surface area contributed by atoms with E-state index in [4.69, 9.17) is 20.4 Å². The van der Waals surface area contributed by atoms with Gasteiger partial charge in [-0.1, -0.05) is 0 Å². The largest absolute Gasteiger partial charge is 0.479 e. The number of carboxylic acids is 2. The van der Waals surface area contributed by atoms with Crippen LogP contribution in [0.2, 0.25) is 0 Å². The second kappa shape index (κ2) is 8.69. The molecule has 0 aliphatic carbocycles. The van der Waals surface area contributed by atoms with Crippen molar-refractivity contribution in [3.05, 3.63) is 30.6 Å². The zero-order chi connectivity index (χ0) is 19.1. The first-order valence-corrected chi connectivity index (χ1v) is 7.46. The summed E-state index contributed by atoms with van der Waals surface area (Å²) in [6.45, 7) is 1.73. The van der Waals surface area contributed by atoms with Crippen molar-refractivity contribution in [2.75, 3.05) is 18.4 Å². The van der Waals surface area contributed by atoms with Gasteiger partial charge >= 0.3 is 11.9 Å². The zero-order valence-corrected chi connectivity index (χ0v) is 13.4. The topological polar surface area (TPSA) is 177 Å². The van der Waals surface area contributed by atoms with E-state index in [1.54, 1.807) is 12.4 Å². The Labute approximate surface area is 147 Å². The van der Waals surface area contributed by atoms with Crippen LogP contribution >= 0.6 is 0 Å². The summed E-state index contributed by atoms with van der Waals surface area (Å²) in [5.74, 6) is -2.71. The first kappa shape index (κ1) is 19.0.